The maximum atomic E-state index is 13.6. The van der Waals surface area contributed by atoms with Gasteiger partial charge in [-0.3, -0.25) is 0 Å². The lowest BCUT2D eigenvalue weighted by Crippen LogP contribution is -2.49. The largest absolute Gasteiger partial charge is 0.381 e. The molecule has 1 atom stereocenters. The van der Waals surface area contributed by atoms with E-state index >= 15 is 0 Å². The van der Waals surface area contributed by atoms with Crippen molar-refractivity contribution in [1.82, 2.24) is 5.32 Å². The highest BCUT2D eigenvalue weighted by molar-refractivity contribution is 4.93. The van der Waals surface area contributed by atoms with E-state index in [2.05, 4.69) is 5.32 Å². The maximum Gasteiger partial charge on any atom is 0.118 e. The molecule has 0 radical (unpaired) electrons. The molecule has 0 aromatic heterocycles. The average Bonchev–Trinajstić information content (AvgIpc) is 2.12. The molecule has 2 saturated heterocycles. The zero-order valence-electron chi connectivity index (χ0n) is 7.31. The van der Waals surface area contributed by atoms with Gasteiger partial charge >= 0.3 is 0 Å². The second kappa shape index (κ2) is 3.30. The summed E-state index contributed by atoms with van der Waals surface area (Å²) in [7, 11) is 0. The molecular formula is C9H16FNO. The number of piperidine rings is 1. The van der Waals surface area contributed by atoms with Crippen molar-refractivity contribution in [3.05, 3.63) is 0 Å². The summed E-state index contributed by atoms with van der Waals surface area (Å²) in [4.78, 5) is 0. The lowest BCUT2D eigenvalue weighted by Gasteiger charge is -2.43. The van der Waals surface area contributed by atoms with E-state index in [9.17, 15) is 4.39 Å². The lowest BCUT2D eigenvalue weighted by molar-refractivity contribution is -0.0450. The maximum absolute atomic E-state index is 13.6. The summed E-state index contributed by atoms with van der Waals surface area (Å²) in [6.45, 7) is 3.02. The third-order valence-electron chi connectivity index (χ3n) is 3.28. The van der Waals surface area contributed by atoms with Crippen molar-refractivity contribution in [3.8, 4) is 0 Å². The molecule has 2 aliphatic rings. The summed E-state index contributed by atoms with van der Waals surface area (Å²) in [5.74, 6) is 0. The van der Waals surface area contributed by atoms with Crippen LogP contribution in [0.5, 0.6) is 0 Å². The zero-order valence-corrected chi connectivity index (χ0v) is 7.31. The van der Waals surface area contributed by atoms with E-state index in [0.717, 1.165) is 39.0 Å². The van der Waals surface area contributed by atoms with E-state index < -0.39 is 6.17 Å². The van der Waals surface area contributed by atoms with Crippen molar-refractivity contribution in [2.24, 2.45) is 5.41 Å². The van der Waals surface area contributed by atoms with E-state index in [4.69, 9.17) is 4.74 Å². The number of hydrogen-bond acceptors (Lipinski definition) is 2. The first-order chi connectivity index (χ1) is 5.83. The van der Waals surface area contributed by atoms with Crippen LogP contribution >= 0.6 is 0 Å². The fourth-order valence-electron chi connectivity index (χ4n) is 2.28. The van der Waals surface area contributed by atoms with Gasteiger partial charge in [0.25, 0.3) is 0 Å². The highest BCUT2D eigenvalue weighted by atomic mass is 19.1. The zero-order chi connectivity index (χ0) is 8.44. The van der Waals surface area contributed by atoms with E-state index in [-0.39, 0.29) is 5.41 Å². The first-order valence-corrected chi connectivity index (χ1v) is 4.76. The number of nitrogens with one attached hydrogen (secondary N) is 1. The van der Waals surface area contributed by atoms with Crippen molar-refractivity contribution in [2.75, 3.05) is 26.3 Å². The van der Waals surface area contributed by atoms with Gasteiger partial charge in [-0.15, -0.1) is 0 Å². The van der Waals surface area contributed by atoms with Crippen LogP contribution < -0.4 is 5.32 Å². The van der Waals surface area contributed by atoms with Gasteiger partial charge in [0.15, 0.2) is 0 Å². The molecule has 2 heterocycles. The molecular weight excluding hydrogens is 157 g/mol. The lowest BCUT2D eigenvalue weighted by atomic mass is 9.72. The van der Waals surface area contributed by atoms with Crippen molar-refractivity contribution < 1.29 is 9.13 Å². The quantitative estimate of drug-likeness (QED) is 0.592. The second-order valence-corrected chi connectivity index (χ2v) is 3.90. The van der Waals surface area contributed by atoms with Crippen LogP contribution in [0.15, 0.2) is 0 Å². The Kier molecular flexibility index (Phi) is 2.33. The van der Waals surface area contributed by atoms with Crippen LogP contribution in [0.2, 0.25) is 0 Å². The van der Waals surface area contributed by atoms with Crippen LogP contribution in [-0.4, -0.2) is 32.5 Å². The summed E-state index contributed by atoms with van der Waals surface area (Å²) in [6.07, 6.45) is 2.15. The van der Waals surface area contributed by atoms with Crippen LogP contribution in [0.3, 0.4) is 0 Å². The van der Waals surface area contributed by atoms with Gasteiger partial charge in [-0.2, -0.15) is 0 Å². The summed E-state index contributed by atoms with van der Waals surface area (Å²) >= 11 is 0. The van der Waals surface area contributed by atoms with E-state index in [1.54, 1.807) is 0 Å². The third kappa shape index (κ3) is 1.36. The van der Waals surface area contributed by atoms with Gasteiger partial charge < -0.3 is 10.1 Å². The number of rotatable bonds is 0. The molecule has 0 saturated carbocycles. The first-order valence-electron chi connectivity index (χ1n) is 4.76. The van der Waals surface area contributed by atoms with Crippen LogP contribution in [-0.2, 0) is 4.74 Å². The highest BCUT2D eigenvalue weighted by Crippen LogP contribution is 2.40. The van der Waals surface area contributed by atoms with E-state index in [1.165, 1.54) is 0 Å². The fourth-order valence-corrected chi connectivity index (χ4v) is 2.28. The topological polar surface area (TPSA) is 21.3 Å². The van der Waals surface area contributed by atoms with Crippen LogP contribution in [0.25, 0.3) is 0 Å². The molecule has 1 spiro atoms. The Morgan fingerprint density at radius 3 is 2.67 bits per heavy atom. The second-order valence-electron chi connectivity index (χ2n) is 3.90. The Morgan fingerprint density at radius 1 is 1.25 bits per heavy atom. The van der Waals surface area contributed by atoms with E-state index in [1.807, 2.05) is 0 Å². The number of hydrogen-bond donors (Lipinski definition) is 1. The molecule has 1 N–H and O–H groups in total. The number of ether oxygens (including phenoxy) is 1. The molecule has 2 nitrogen and oxygen atoms in total. The fraction of sp³-hybridized carbons (Fsp3) is 1.00. The van der Waals surface area contributed by atoms with Gasteiger partial charge in [-0.1, -0.05) is 0 Å². The molecule has 2 fully saturated rings. The van der Waals surface area contributed by atoms with Gasteiger partial charge in [0.05, 0.1) is 0 Å². The van der Waals surface area contributed by atoms with Crippen molar-refractivity contribution in [1.29, 1.82) is 0 Å². The molecule has 0 aromatic rings. The van der Waals surface area contributed by atoms with Crippen molar-refractivity contribution in [2.45, 2.75) is 25.4 Å². The molecule has 0 bridgehead atoms. The Bertz CT molecular complexity index is 148. The normalized spacial score (nSPS) is 35.2. The van der Waals surface area contributed by atoms with Gasteiger partial charge in [0, 0.05) is 25.2 Å². The van der Waals surface area contributed by atoms with Crippen LogP contribution in [0, 0.1) is 5.41 Å². The van der Waals surface area contributed by atoms with Crippen LogP contribution in [0.1, 0.15) is 19.3 Å². The molecule has 0 amide bonds. The van der Waals surface area contributed by atoms with E-state index in [0.29, 0.717) is 6.54 Å². The molecule has 70 valence electrons. The number of halogens is 1. The van der Waals surface area contributed by atoms with Crippen molar-refractivity contribution >= 4 is 0 Å². The van der Waals surface area contributed by atoms with Crippen LogP contribution in [0.4, 0.5) is 4.39 Å². The Morgan fingerprint density at radius 2 is 2.00 bits per heavy atom. The summed E-state index contributed by atoms with van der Waals surface area (Å²) in [5.41, 5.74) is -0.0382. The molecule has 12 heavy (non-hydrogen) atoms. The minimum absolute atomic E-state index is 0.0382. The first kappa shape index (κ1) is 8.45. The molecule has 2 rings (SSSR count). The molecule has 0 aromatic carbocycles. The Labute approximate surface area is 72.5 Å². The average molecular weight is 173 g/mol. The van der Waals surface area contributed by atoms with Gasteiger partial charge in [-0.25, -0.2) is 4.39 Å². The minimum atomic E-state index is -0.657. The predicted molar refractivity (Wildman–Crippen MR) is 44.9 cm³/mol. The summed E-state index contributed by atoms with van der Waals surface area (Å²) in [6, 6.07) is 0. The third-order valence-corrected chi connectivity index (χ3v) is 3.28. The standard InChI is InChI=1S/C9H16FNO/c10-8-7-11-4-1-9(8)2-5-12-6-3-9/h8,11H,1-7H2. The Hall–Kier alpha value is -0.150. The summed E-state index contributed by atoms with van der Waals surface area (Å²) in [5, 5.41) is 3.09. The summed E-state index contributed by atoms with van der Waals surface area (Å²) < 4.78 is 18.9. The molecule has 2 aliphatic heterocycles. The Balaban J connectivity index is 2.04. The molecule has 0 aliphatic carbocycles. The smallest absolute Gasteiger partial charge is 0.118 e. The molecule has 3 heteroatoms. The van der Waals surface area contributed by atoms with Gasteiger partial charge in [0.2, 0.25) is 0 Å². The molecule has 1 unspecified atom stereocenters. The predicted octanol–water partition coefficient (Wildman–Crippen LogP) is 1.11. The van der Waals surface area contributed by atoms with Gasteiger partial charge in [0.1, 0.15) is 6.17 Å². The highest BCUT2D eigenvalue weighted by Gasteiger charge is 2.42. The van der Waals surface area contributed by atoms with Gasteiger partial charge in [-0.05, 0) is 25.8 Å². The number of alkyl halides is 1. The SMILES string of the molecule is FC1CNCCC12CCOCC2. The minimum Gasteiger partial charge on any atom is -0.381 e. The monoisotopic (exact) mass is 173 g/mol. The van der Waals surface area contributed by atoms with Crippen molar-refractivity contribution in [3.63, 3.8) is 0 Å².